The summed E-state index contributed by atoms with van der Waals surface area (Å²) >= 11 is 0. The zero-order valence-corrected chi connectivity index (χ0v) is 9.77. The lowest BCUT2D eigenvalue weighted by molar-refractivity contribution is -0.148. The number of carbonyl (C=O) groups excluding carboxylic acids is 1. The van der Waals surface area contributed by atoms with Crippen LogP contribution >= 0.6 is 0 Å². The van der Waals surface area contributed by atoms with E-state index in [9.17, 15) is 9.59 Å². The van der Waals surface area contributed by atoms with Crippen LogP contribution in [0.4, 0.5) is 4.79 Å². The number of hydrogen-bond acceptors (Lipinski definition) is 4. The molecule has 2 amide bonds. The van der Waals surface area contributed by atoms with Gasteiger partial charge in [0.1, 0.15) is 17.7 Å². The fourth-order valence-electron chi connectivity index (χ4n) is 1.83. The number of carboxylic acid groups (broad SMARTS) is 1. The van der Waals surface area contributed by atoms with Crippen molar-refractivity contribution in [3.05, 3.63) is 12.2 Å². The Hall–Kier alpha value is -2.12. The molecular formula is C10H15N5O3. The maximum absolute atomic E-state index is 11.6. The summed E-state index contributed by atoms with van der Waals surface area (Å²) in [7, 11) is 0. The molecule has 8 heteroatoms. The van der Waals surface area contributed by atoms with E-state index >= 15 is 0 Å². The molecule has 0 aromatic carbocycles. The van der Waals surface area contributed by atoms with E-state index in [-0.39, 0.29) is 0 Å². The normalized spacial score (nSPS) is 16.7. The number of nitrogens with one attached hydrogen (secondary N) is 3. The Bertz CT molecular complexity index is 427. The quantitative estimate of drug-likeness (QED) is 0.572. The van der Waals surface area contributed by atoms with Crippen molar-refractivity contribution in [1.29, 1.82) is 0 Å². The molecular weight excluding hydrogens is 238 g/mol. The Balaban J connectivity index is 1.73. The standard InChI is InChI=1S/C10H15N5O3/c16-8(17)10(3-1-4-10)14-9(18)11-5-2-7-12-6-13-15-7/h6H,1-5H2,(H,16,17)(H2,11,14,18)(H,12,13,15). The molecule has 0 atom stereocenters. The van der Waals surface area contributed by atoms with Crippen LogP contribution in [0.5, 0.6) is 0 Å². The molecule has 0 radical (unpaired) electrons. The van der Waals surface area contributed by atoms with Crippen molar-refractivity contribution >= 4 is 12.0 Å². The van der Waals surface area contributed by atoms with Crippen molar-refractivity contribution in [2.24, 2.45) is 0 Å². The van der Waals surface area contributed by atoms with Gasteiger partial charge in [-0.1, -0.05) is 0 Å². The number of amides is 2. The van der Waals surface area contributed by atoms with Crippen LogP contribution in [0.25, 0.3) is 0 Å². The van der Waals surface area contributed by atoms with Crippen molar-refractivity contribution in [2.75, 3.05) is 6.54 Å². The molecule has 8 nitrogen and oxygen atoms in total. The maximum Gasteiger partial charge on any atom is 0.329 e. The minimum atomic E-state index is -1.07. The Kier molecular flexibility index (Phi) is 3.45. The van der Waals surface area contributed by atoms with Crippen LogP contribution in [0.2, 0.25) is 0 Å². The van der Waals surface area contributed by atoms with E-state index < -0.39 is 17.5 Å². The van der Waals surface area contributed by atoms with Crippen LogP contribution in [0, 0.1) is 0 Å². The molecule has 4 N–H and O–H groups in total. The molecule has 0 bridgehead atoms. The molecule has 1 fully saturated rings. The van der Waals surface area contributed by atoms with Gasteiger partial charge >= 0.3 is 12.0 Å². The molecule has 0 spiro atoms. The molecule has 0 saturated heterocycles. The summed E-state index contributed by atoms with van der Waals surface area (Å²) in [5, 5.41) is 20.5. The minimum absolute atomic E-state index is 0.372. The number of nitrogens with zero attached hydrogens (tertiary/aromatic N) is 2. The Labute approximate surface area is 103 Å². The molecule has 1 saturated carbocycles. The van der Waals surface area contributed by atoms with E-state index in [4.69, 9.17) is 5.11 Å². The van der Waals surface area contributed by atoms with E-state index in [0.29, 0.717) is 31.6 Å². The third kappa shape index (κ3) is 2.58. The number of aromatic nitrogens is 3. The molecule has 98 valence electrons. The number of hydrogen-bond donors (Lipinski definition) is 4. The van der Waals surface area contributed by atoms with Crippen molar-refractivity contribution < 1.29 is 14.7 Å². The molecule has 1 aromatic heterocycles. The third-order valence-electron chi connectivity index (χ3n) is 3.08. The van der Waals surface area contributed by atoms with Gasteiger partial charge in [0.2, 0.25) is 0 Å². The summed E-state index contributed by atoms with van der Waals surface area (Å²) < 4.78 is 0. The van der Waals surface area contributed by atoms with Gasteiger partial charge in [-0.05, 0) is 19.3 Å². The van der Waals surface area contributed by atoms with Crippen molar-refractivity contribution in [2.45, 2.75) is 31.2 Å². The summed E-state index contributed by atoms with van der Waals surface area (Å²) in [6.45, 7) is 0.372. The van der Waals surface area contributed by atoms with Crippen LogP contribution in [-0.2, 0) is 11.2 Å². The second kappa shape index (κ2) is 5.03. The van der Waals surface area contributed by atoms with E-state index in [1.807, 2.05) is 0 Å². The van der Waals surface area contributed by atoms with Gasteiger partial charge in [0.05, 0.1) is 0 Å². The molecule has 1 aliphatic rings. The van der Waals surface area contributed by atoms with Gasteiger partial charge < -0.3 is 15.7 Å². The highest BCUT2D eigenvalue weighted by Gasteiger charge is 2.45. The summed E-state index contributed by atoms with van der Waals surface area (Å²) in [5.41, 5.74) is -1.07. The van der Waals surface area contributed by atoms with Gasteiger partial charge in [0.25, 0.3) is 0 Å². The zero-order valence-electron chi connectivity index (χ0n) is 9.77. The van der Waals surface area contributed by atoms with Gasteiger partial charge in [-0.15, -0.1) is 0 Å². The number of carbonyl (C=O) groups is 2. The van der Waals surface area contributed by atoms with Gasteiger partial charge in [-0.3, -0.25) is 5.10 Å². The minimum Gasteiger partial charge on any atom is -0.480 e. The molecule has 2 rings (SSSR count). The number of carboxylic acids is 1. The van der Waals surface area contributed by atoms with Gasteiger partial charge in [-0.2, -0.15) is 5.10 Å². The third-order valence-corrected chi connectivity index (χ3v) is 3.08. The highest BCUT2D eigenvalue weighted by Crippen LogP contribution is 2.31. The fourth-order valence-corrected chi connectivity index (χ4v) is 1.83. The van der Waals surface area contributed by atoms with Crippen molar-refractivity contribution in [3.63, 3.8) is 0 Å². The van der Waals surface area contributed by atoms with Crippen molar-refractivity contribution in [3.8, 4) is 0 Å². The fraction of sp³-hybridized carbons (Fsp3) is 0.600. The lowest BCUT2D eigenvalue weighted by Gasteiger charge is -2.38. The maximum atomic E-state index is 11.6. The predicted octanol–water partition coefficient (Wildman–Crippen LogP) is -0.346. The van der Waals surface area contributed by atoms with E-state index in [1.165, 1.54) is 6.33 Å². The smallest absolute Gasteiger partial charge is 0.329 e. The lowest BCUT2D eigenvalue weighted by Crippen LogP contribution is -2.61. The highest BCUT2D eigenvalue weighted by atomic mass is 16.4. The molecule has 1 aliphatic carbocycles. The van der Waals surface area contributed by atoms with Gasteiger partial charge in [-0.25, -0.2) is 14.6 Å². The van der Waals surface area contributed by atoms with Gasteiger partial charge in [0, 0.05) is 13.0 Å². The van der Waals surface area contributed by atoms with Crippen LogP contribution in [0.1, 0.15) is 25.1 Å². The first-order chi connectivity index (χ1) is 8.62. The number of rotatable bonds is 5. The number of H-pyrrole nitrogens is 1. The summed E-state index contributed by atoms with van der Waals surface area (Å²) in [4.78, 5) is 26.5. The summed E-state index contributed by atoms with van der Waals surface area (Å²) in [6, 6.07) is -0.461. The van der Waals surface area contributed by atoms with Crippen LogP contribution in [-0.4, -0.2) is 44.4 Å². The summed E-state index contributed by atoms with van der Waals surface area (Å²) in [5.74, 6) is -0.300. The largest absolute Gasteiger partial charge is 0.480 e. The first kappa shape index (κ1) is 12.3. The molecule has 0 aliphatic heterocycles. The first-order valence-corrected chi connectivity index (χ1v) is 5.76. The van der Waals surface area contributed by atoms with Crippen LogP contribution in [0.15, 0.2) is 6.33 Å². The van der Waals surface area contributed by atoms with Crippen LogP contribution < -0.4 is 10.6 Å². The number of urea groups is 1. The topological polar surface area (TPSA) is 120 Å². The second-order valence-electron chi connectivity index (χ2n) is 4.30. The number of aromatic amines is 1. The second-order valence-corrected chi connectivity index (χ2v) is 4.30. The molecule has 1 heterocycles. The average molecular weight is 253 g/mol. The highest BCUT2D eigenvalue weighted by molar-refractivity contribution is 5.87. The SMILES string of the molecule is O=C(NCCc1ncn[nH]1)NC1(C(=O)O)CCC1. The summed E-state index contributed by atoms with van der Waals surface area (Å²) in [6.07, 6.45) is 3.71. The molecule has 0 unspecified atom stereocenters. The van der Waals surface area contributed by atoms with Crippen molar-refractivity contribution in [1.82, 2.24) is 25.8 Å². The van der Waals surface area contributed by atoms with Gasteiger partial charge in [0.15, 0.2) is 0 Å². The van der Waals surface area contributed by atoms with E-state index in [1.54, 1.807) is 0 Å². The zero-order chi connectivity index (χ0) is 13.0. The van der Waals surface area contributed by atoms with E-state index in [2.05, 4.69) is 25.8 Å². The average Bonchev–Trinajstić information content (AvgIpc) is 2.76. The Morgan fingerprint density at radius 1 is 1.50 bits per heavy atom. The number of aliphatic carboxylic acids is 1. The monoisotopic (exact) mass is 253 g/mol. The Morgan fingerprint density at radius 2 is 2.28 bits per heavy atom. The predicted molar refractivity (Wildman–Crippen MR) is 60.8 cm³/mol. The lowest BCUT2D eigenvalue weighted by atomic mass is 9.77. The van der Waals surface area contributed by atoms with E-state index in [0.717, 1.165) is 6.42 Å². The molecule has 18 heavy (non-hydrogen) atoms. The molecule has 1 aromatic rings. The van der Waals surface area contributed by atoms with Crippen LogP contribution in [0.3, 0.4) is 0 Å². The Morgan fingerprint density at radius 3 is 2.78 bits per heavy atom. The first-order valence-electron chi connectivity index (χ1n) is 5.76.